The minimum atomic E-state index is 0. The molecule has 0 bridgehead atoms. The van der Waals surface area contributed by atoms with Crippen LogP contribution in [0.4, 0.5) is 0 Å². The van der Waals surface area contributed by atoms with Gasteiger partial charge in [0.05, 0.1) is 17.2 Å². The Kier molecular flexibility index (Phi) is 11.0. The van der Waals surface area contributed by atoms with Crippen molar-refractivity contribution < 1.29 is 0 Å². The second-order valence-electron chi connectivity index (χ2n) is 7.57. The molecule has 7 heteroatoms. The first-order valence-corrected chi connectivity index (χ1v) is 10.5. The van der Waals surface area contributed by atoms with Crippen molar-refractivity contribution in [3.63, 3.8) is 0 Å². The summed E-state index contributed by atoms with van der Waals surface area (Å²) in [5, 5.41) is 6.69. The highest BCUT2D eigenvalue weighted by molar-refractivity contribution is 14.0. The molecular weight excluding hydrogens is 457 g/mol. The standard InChI is InChI=1S/C19H35N5S.HI/c1-6-20-19(23(5)13-18-14-25-16(4)22-18)21-10-17-8-7-9-24(12-17)11-15(2)3;/h14-15,17H,6-13H2,1-5H3,(H,20,21);1H. The van der Waals surface area contributed by atoms with Crippen molar-refractivity contribution in [2.75, 3.05) is 39.8 Å². The maximum Gasteiger partial charge on any atom is 0.194 e. The molecule has 2 rings (SSSR count). The van der Waals surface area contributed by atoms with Crippen LogP contribution in [0.25, 0.3) is 0 Å². The number of aromatic nitrogens is 1. The molecule has 0 spiro atoms. The fourth-order valence-electron chi connectivity index (χ4n) is 3.47. The fraction of sp³-hybridized carbons (Fsp3) is 0.789. The Labute approximate surface area is 180 Å². The molecule has 0 saturated carbocycles. The van der Waals surface area contributed by atoms with Gasteiger partial charge in [-0.1, -0.05) is 13.8 Å². The van der Waals surface area contributed by atoms with Gasteiger partial charge in [0, 0.05) is 38.6 Å². The maximum atomic E-state index is 4.93. The first-order valence-electron chi connectivity index (χ1n) is 9.60. The summed E-state index contributed by atoms with van der Waals surface area (Å²) in [7, 11) is 2.10. The van der Waals surface area contributed by atoms with Gasteiger partial charge in [-0.3, -0.25) is 4.99 Å². The van der Waals surface area contributed by atoms with Crippen LogP contribution in [-0.4, -0.2) is 60.5 Å². The lowest BCUT2D eigenvalue weighted by Gasteiger charge is -2.33. The Morgan fingerprint density at radius 2 is 2.27 bits per heavy atom. The van der Waals surface area contributed by atoms with E-state index >= 15 is 0 Å². The van der Waals surface area contributed by atoms with E-state index in [0.717, 1.165) is 42.2 Å². The van der Waals surface area contributed by atoms with Crippen LogP contribution >= 0.6 is 35.3 Å². The maximum absolute atomic E-state index is 4.93. The van der Waals surface area contributed by atoms with E-state index in [1.54, 1.807) is 11.3 Å². The highest BCUT2D eigenvalue weighted by Crippen LogP contribution is 2.18. The molecule has 1 fully saturated rings. The van der Waals surface area contributed by atoms with E-state index in [4.69, 9.17) is 4.99 Å². The van der Waals surface area contributed by atoms with Crippen molar-refractivity contribution in [3.05, 3.63) is 16.1 Å². The largest absolute Gasteiger partial charge is 0.357 e. The lowest BCUT2D eigenvalue weighted by Crippen LogP contribution is -2.41. The van der Waals surface area contributed by atoms with Crippen LogP contribution < -0.4 is 5.32 Å². The quantitative estimate of drug-likeness (QED) is 0.356. The molecule has 1 aromatic rings. The number of aliphatic imine (C=N–C) groups is 1. The van der Waals surface area contributed by atoms with Gasteiger partial charge in [-0.2, -0.15) is 0 Å². The molecule has 150 valence electrons. The molecule has 1 aliphatic heterocycles. The summed E-state index contributed by atoms with van der Waals surface area (Å²) >= 11 is 1.71. The Bertz CT molecular complexity index is 546. The number of halogens is 1. The molecule has 1 aromatic heterocycles. The van der Waals surface area contributed by atoms with Gasteiger partial charge in [0.25, 0.3) is 0 Å². The van der Waals surface area contributed by atoms with Gasteiger partial charge in [-0.05, 0) is 45.1 Å². The number of thiazole rings is 1. The zero-order valence-corrected chi connectivity index (χ0v) is 20.1. The molecule has 1 unspecified atom stereocenters. The van der Waals surface area contributed by atoms with Gasteiger partial charge in [0.1, 0.15) is 0 Å². The van der Waals surface area contributed by atoms with Gasteiger partial charge >= 0.3 is 0 Å². The number of nitrogens with one attached hydrogen (secondary N) is 1. The molecule has 0 radical (unpaired) electrons. The summed E-state index contributed by atoms with van der Waals surface area (Å²) in [5.74, 6) is 2.41. The Morgan fingerprint density at radius 1 is 1.50 bits per heavy atom. The lowest BCUT2D eigenvalue weighted by molar-refractivity contribution is 0.162. The number of rotatable bonds is 7. The van der Waals surface area contributed by atoms with E-state index in [0.29, 0.717) is 5.92 Å². The summed E-state index contributed by atoms with van der Waals surface area (Å²) in [6.45, 7) is 15.1. The Morgan fingerprint density at radius 3 is 2.88 bits per heavy atom. The highest BCUT2D eigenvalue weighted by Gasteiger charge is 2.20. The van der Waals surface area contributed by atoms with Crippen LogP contribution in [0.1, 0.15) is 44.3 Å². The van der Waals surface area contributed by atoms with Crippen LogP contribution in [0.2, 0.25) is 0 Å². The number of guanidine groups is 1. The van der Waals surface area contributed by atoms with E-state index in [-0.39, 0.29) is 24.0 Å². The van der Waals surface area contributed by atoms with Gasteiger partial charge in [0.15, 0.2) is 5.96 Å². The number of piperidine rings is 1. The second kappa shape index (κ2) is 12.1. The zero-order valence-electron chi connectivity index (χ0n) is 17.0. The third-order valence-electron chi connectivity index (χ3n) is 4.49. The topological polar surface area (TPSA) is 43.8 Å². The molecule has 0 amide bonds. The minimum absolute atomic E-state index is 0. The van der Waals surface area contributed by atoms with Crippen molar-refractivity contribution in [3.8, 4) is 0 Å². The van der Waals surface area contributed by atoms with E-state index in [9.17, 15) is 0 Å². The SMILES string of the molecule is CCNC(=NCC1CCCN(CC(C)C)C1)N(C)Cc1csc(C)n1.I. The van der Waals surface area contributed by atoms with Crippen LogP contribution in [0.15, 0.2) is 10.4 Å². The van der Waals surface area contributed by atoms with Crippen molar-refractivity contribution >= 4 is 41.3 Å². The number of hydrogen-bond donors (Lipinski definition) is 1. The number of nitrogens with zero attached hydrogens (tertiary/aromatic N) is 4. The summed E-state index contributed by atoms with van der Waals surface area (Å²) in [6.07, 6.45) is 2.60. The van der Waals surface area contributed by atoms with Crippen LogP contribution in [-0.2, 0) is 6.54 Å². The number of likely N-dealkylation sites (tertiary alicyclic amines) is 1. The van der Waals surface area contributed by atoms with Crippen LogP contribution in [0.5, 0.6) is 0 Å². The van der Waals surface area contributed by atoms with Crippen LogP contribution in [0, 0.1) is 18.8 Å². The molecule has 1 N–H and O–H groups in total. The molecular formula is C19H36IN5S. The fourth-order valence-corrected chi connectivity index (χ4v) is 4.07. The van der Waals surface area contributed by atoms with Crippen molar-refractivity contribution in [2.45, 2.75) is 47.1 Å². The van der Waals surface area contributed by atoms with Crippen molar-refractivity contribution in [2.24, 2.45) is 16.8 Å². The van der Waals surface area contributed by atoms with Crippen molar-refractivity contribution in [1.82, 2.24) is 20.1 Å². The third kappa shape index (κ3) is 8.08. The third-order valence-corrected chi connectivity index (χ3v) is 5.31. The summed E-state index contributed by atoms with van der Waals surface area (Å²) < 4.78 is 0. The molecule has 2 heterocycles. The predicted octanol–water partition coefficient (Wildman–Crippen LogP) is 3.83. The average Bonchev–Trinajstić information content (AvgIpc) is 2.96. The second-order valence-corrected chi connectivity index (χ2v) is 8.63. The first kappa shape index (κ1) is 23.6. The minimum Gasteiger partial charge on any atom is -0.357 e. The molecule has 1 aliphatic rings. The van der Waals surface area contributed by atoms with E-state index in [1.165, 1.54) is 32.5 Å². The van der Waals surface area contributed by atoms with Gasteiger partial charge in [0.2, 0.25) is 0 Å². The number of hydrogen-bond acceptors (Lipinski definition) is 4. The van der Waals surface area contributed by atoms with Crippen molar-refractivity contribution in [1.29, 1.82) is 0 Å². The van der Waals surface area contributed by atoms with E-state index in [2.05, 4.69) is 60.2 Å². The highest BCUT2D eigenvalue weighted by atomic mass is 127. The molecule has 5 nitrogen and oxygen atoms in total. The molecule has 0 aliphatic carbocycles. The van der Waals surface area contributed by atoms with Gasteiger partial charge in [-0.25, -0.2) is 4.98 Å². The normalized spacial score (nSPS) is 18.7. The number of aryl methyl sites for hydroxylation is 1. The molecule has 1 saturated heterocycles. The van der Waals surface area contributed by atoms with Gasteiger partial charge in [-0.15, -0.1) is 35.3 Å². The van der Waals surface area contributed by atoms with E-state index in [1.807, 2.05) is 0 Å². The molecule has 26 heavy (non-hydrogen) atoms. The predicted molar refractivity (Wildman–Crippen MR) is 124 cm³/mol. The van der Waals surface area contributed by atoms with Gasteiger partial charge < -0.3 is 15.1 Å². The summed E-state index contributed by atoms with van der Waals surface area (Å²) in [5.41, 5.74) is 1.12. The smallest absolute Gasteiger partial charge is 0.194 e. The van der Waals surface area contributed by atoms with E-state index < -0.39 is 0 Å². The summed E-state index contributed by atoms with van der Waals surface area (Å²) in [4.78, 5) is 14.3. The molecule has 1 atom stereocenters. The molecule has 0 aromatic carbocycles. The summed E-state index contributed by atoms with van der Waals surface area (Å²) in [6, 6.07) is 0. The van der Waals surface area contributed by atoms with Crippen LogP contribution in [0.3, 0.4) is 0 Å². The average molecular weight is 494 g/mol. The lowest BCUT2D eigenvalue weighted by atomic mass is 9.97. The monoisotopic (exact) mass is 493 g/mol. The first-order chi connectivity index (χ1) is 12.0. The zero-order chi connectivity index (χ0) is 18.2. The Hall–Kier alpha value is -0.410. The Balaban J connectivity index is 0.00000338.